The summed E-state index contributed by atoms with van der Waals surface area (Å²) in [5.74, 6) is 0.169. The lowest BCUT2D eigenvalue weighted by molar-refractivity contribution is -0.146. The van der Waals surface area contributed by atoms with Crippen LogP contribution in [-0.4, -0.2) is 56.5 Å². The van der Waals surface area contributed by atoms with Gasteiger partial charge in [0.25, 0.3) is 0 Å². The molecular weight excluding hydrogens is 599 g/mol. The molecule has 0 bridgehead atoms. The molecule has 3 N–H and O–H groups in total. The fourth-order valence-electron chi connectivity index (χ4n) is 3.56. The van der Waals surface area contributed by atoms with E-state index in [-0.39, 0.29) is 5.91 Å². The maximum absolute atomic E-state index is 11.5. The Morgan fingerprint density at radius 2 is 1.64 bits per heavy atom. The van der Waals surface area contributed by atoms with Gasteiger partial charge in [-0.3, -0.25) is 9.80 Å². The van der Waals surface area contributed by atoms with E-state index in [9.17, 15) is 4.79 Å². The molecule has 4 rings (SSSR count). The number of fused-ring (bicyclic) bond motifs is 1. The van der Waals surface area contributed by atoms with Crippen LogP contribution in [0.1, 0.15) is 57.2 Å². The molecule has 7 nitrogen and oxygen atoms in total. The van der Waals surface area contributed by atoms with Gasteiger partial charge in [-0.25, -0.2) is 15.0 Å². The number of carbonyl (C=O) groups is 1. The van der Waals surface area contributed by atoms with Crippen molar-refractivity contribution < 1.29 is 4.79 Å². The lowest BCUT2D eigenvalue weighted by atomic mass is 10.1. The minimum atomic E-state index is 0.169. The third kappa shape index (κ3) is 14.0. The second kappa shape index (κ2) is 20.5. The molecule has 1 amide bonds. The molecule has 0 unspecified atom stereocenters. The van der Waals surface area contributed by atoms with Crippen molar-refractivity contribution >= 4 is 28.5 Å². The van der Waals surface area contributed by atoms with E-state index in [0.717, 1.165) is 31.7 Å². The number of benzene rings is 2. The number of hydrazine groups is 1. The van der Waals surface area contributed by atoms with Gasteiger partial charge in [0, 0.05) is 63.6 Å². The van der Waals surface area contributed by atoms with Crippen molar-refractivity contribution in [2.45, 2.75) is 66.6 Å². The third-order valence-corrected chi connectivity index (χ3v) is 6.79. The first-order valence-electron chi connectivity index (χ1n) is 13.7. The molecule has 0 radical (unpaired) electrons. The predicted octanol–water partition coefficient (Wildman–Crippen LogP) is 6.01. The topological polar surface area (TPSA) is 87.4 Å². The Bertz CT molecular complexity index is 1040. The van der Waals surface area contributed by atoms with Crippen LogP contribution in [0.5, 0.6) is 0 Å². The Morgan fingerprint density at radius 3 is 2.08 bits per heavy atom. The van der Waals surface area contributed by atoms with Crippen molar-refractivity contribution in [1.29, 1.82) is 0 Å². The quantitative estimate of drug-likeness (QED) is 0.242. The van der Waals surface area contributed by atoms with E-state index in [4.69, 9.17) is 5.73 Å². The Kier molecular flexibility index (Phi) is 18.2. The number of aromatic nitrogens is 2. The molecular formula is C31H47IN6O. The van der Waals surface area contributed by atoms with Gasteiger partial charge in [-0.1, -0.05) is 104 Å². The van der Waals surface area contributed by atoms with E-state index >= 15 is 0 Å². The Hall–Kier alpha value is -2.40. The number of nitrogens with two attached hydrogens (primary N) is 1. The molecule has 214 valence electrons. The van der Waals surface area contributed by atoms with Gasteiger partial charge in [0.1, 0.15) is 6.33 Å². The highest BCUT2D eigenvalue weighted by molar-refractivity contribution is 14.1. The minimum Gasteiger partial charge on any atom is -0.329 e. The molecule has 2 aromatic carbocycles. The number of hydrogen-bond acceptors (Lipinski definition) is 6. The highest BCUT2D eigenvalue weighted by Crippen LogP contribution is 2.23. The number of amides is 1. The maximum atomic E-state index is 11.5. The average molecular weight is 647 g/mol. The van der Waals surface area contributed by atoms with Crippen LogP contribution in [0.4, 0.5) is 0 Å². The summed E-state index contributed by atoms with van der Waals surface area (Å²) < 4.78 is 1.29. The molecule has 8 heteroatoms. The number of halogens is 1. The third-order valence-electron chi connectivity index (χ3n) is 5.71. The van der Waals surface area contributed by atoms with Gasteiger partial charge in [0.15, 0.2) is 0 Å². The van der Waals surface area contributed by atoms with Crippen molar-refractivity contribution in [2.24, 2.45) is 5.73 Å². The second-order valence-corrected chi connectivity index (χ2v) is 10.5. The minimum absolute atomic E-state index is 0.169. The number of hydrogen-bond donors (Lipinski definition) is 2. The number of carbonyl (C=O) groups excluding carboxylic acids is 1. The van der Waals surface area contributed by atoms with Crippen LogP contribution in [0.25, 0.3) is 11.1 Å². The highest BCUT2D eigenvalue weighted by atomic mass is 127. The van der Waals surface area contributed by atoms with Crippen LogP contribution in [0, 0.1) is 6.92 Å². The van der Waals surface area contributed by atoms with Gasteiger partial charge in [-0.2, -0.15) is 0 Å². The van der Waals surface area contributed by atoms with Crippen LogP contribution < -0.4 is 11.1 Å². The second-order valence-electron chi connectivity index (χ2n) is 9.45. The van der Waals surface area contributed by atoms with Gasteiger partial charge in [0.2, 0.25) is 5.91 Å². The standard InChI is InChI=1S/C12H16N2O.C11H10N2.C5H14N2.C3H7I/c1-3-12(15)13(2)14-8-10-6-4-5-7-11(10)9-14;1-9-3-2-4-10(5-9)11-6-12-8-13-7-11;1-5(2)7-4-3-6;1-2-3-4/h4-7H,3,8-9H2,1-2H3;2-8H,1H3;5,7H,3-4,6H2,1-2H3;2-3H2,1H3. The van der Waals surface area contributed by atoms with Crippen molar-refractivity contribution in [3.8, 4) is 11.1 Å². The van der Waals surface area contributed by atoms with E-state index in [2.05, 4.69) is 101 Å². The molecule has 2 heterocycles. The molecule has 0 aliphatic carbocycles. The van der Waals surface area contributed by atoms with E-state index in [1.165, 1.54) is 33.1 Å². The fourth-order valence-corrected chi connectivity index (χ4v) is 3.56. The van der Waals surface area contributed by atoms with Gasteiger partial charge in [-0.05, 0) is 34.5 Å². The molecule has 0 saturated heterocycles. The van der Waals surface area contributed by atoms with E-state index in [0.29, 0.717) is 12.5 Å². The molecule has 1 aliphatic rings. The van der Waals surface area contributed by atoms with Crippen molar-refractivity contribution in [3.05, 3.63) is 83.9 Å². The molecule has 0 fully saturated rings. The molecule has 0 spiro atoms. The number of rotatable bonds is 7. The van der Waals surface area contributed by atoms with E-state index in [1.807, 2.05) is 44.6 Å². The van der Waals surface area contributed by atoms with E-state index in [1.54, 1.807) is 11.3 Å². The molecule has 39 heavy (non-hydrogen) atoms. The zero-order valence-electron chi connectivity index (χ0n) is 24.5. The Balaban J connectivity index is 0.000000288. The van der Waals surface area contributed by atoms with Crippen LogP contribution in [0.3, 0.4) is 0 Å². The Morgan fingerprint density at radius 1 is 1.05 bits per heavy atom. The van der Waals surface area contributed by atoms with Crippen LogP contribution in [-0.2, 0) is 17.9 Å². The van der Waals surface area contributed by atoms with Gasteiger partial charge in [0.05, 0.1) is 0 Å². The summed E-state index contributed by atoms with van der Waals surface area (Å²) in [6.45, 7) is 13.7. The lowest BCUT2D eigenvalue weighted by Crippen LogP contribution is -2.39. The molecule has 3 aromatic rings. The molecule has 1 aromatic heterocycles. The van der Waals surface area contributed by atoms with Gasteiger partial charge < -0.3 is 11.1 Å². The smallest absolute Gasteiger partial charge is 0.236 e. The van der Waals surface area contributed by atoms with Crippen molar-refractivity contribution in [3.63, 3.8) is 0 Å². The van der Waals surface area contributed by atoms with Gasteiger partial charge in [-0.15, -0.1) is 0 Å². The zero-order valence-corrected chi connectivity index (χ0v) is 26.7. The first kappa shape index (κ1) is 34.6. The van der Waals surface area contributed by atoms with Crippen LogP contribution in [0.15, 0.2) is 67.3 Å². The van der Waals surface area contributed by atoms with Crippen LogP contribution in [0.2, 0.25) is 0 Å². The van der Waals surface area contributed by atoms with Gasteiger partial charge >= 0.3 is 0 Å². The van der Waals surface area contributed by atoms with Crippen molar-refractivity contribution in [2.75, 3.05) is 24.6 Å². The maximum Gasteiger partial charge on any atom is 0.236 e. The zero-order chi connectivity index (χ0) is 29.0. The summed E-state index contributed by atoms with van der Waals surface area (Å²) in [5.41, 5.74) is 11.3. The van der Waals surface area contributed by atoms with Crippen molar-refractivity contribution in [1.82, 2.24) is 25.3 Å². The summed E-state index contributed by atoms with van der Waals surface area (Å²) in [6, 6.07) is 17.2. The highest BCUT2D eigenvalue weighted by Gasteiger charge is 2.23. The first-order valence-corrected chi connectivity index (χ1v) is 15.2. The summed E-state index contributed by atoms with van der Waals surface area (Å²) >= 11 is 2.35. The average Bonchev–Trinajstić information content (AvgIpc) is 3.41. The normalized spacial score (nSPS) is 11.7. The SMILES string of the molecule is CC(C)NCCN.CCC(=O)N(C)N1Cc2ccccc2C1.CCCI.Cc1cccc(-c2cncnc2)c1. The summed E-state index contributed by atoms with van der Waals surface area (Å²) in [7, 11) is 1.84. The monoisotopic (exact) mass is 646 g/mol. The first-order chi connectivity index (χ1) is 18.8. The predicted molar refractivity (Wildman–Crippen MR) is 172 cm³/mol. The molecule has 1 aliphatic heterocycles. The molecule has 0 atom stereocenters. The number of nitrogens with zero attached hydrogens (tertiary/aromatic N) is 4. The number of nitrogens with one attached hydrogen (secondary N) is 1. The fraction of sp³-hybridized carbons (Fsp3) is 0.452. The lowest BCUT2D eigenvalue weighted by Gasteiger charge is -2.27. The largest absolute Gasteiger partial charge is 0.329 e. The summed E-state index contributed by atoms with van der Waals surface area (Å²) in [6.07, 6.45) is 7.05. The van der Waals surface area contributed by atoms with E-state index < -0.39 is 0 Å². The summed E-state index contributed by atoms with van der Waals surface area (Å²) in [5, 5.41) is 6.99. The van der Waals surface area contributed by atoms with Crippen LogP contribution >= 0.6 is 22.6 Å². The molecule has 0 saturated carbocycles. The summed E-state index contributed by atoms with van der Waals surface area (Å²) in [4.78, 5) is 19.5. The number of aryl methyl sites for hydroxylation is 1. The number of alkyl halides is 1. The Labute approximate surface area is 249 Å².